The summed E-state index contributed by atoms with van der Waals surface area (Å²) < 4.78 is 0. The molecular formula is C16H20N4O. The van der Waals surface area contributed by atoms with Crippen LogP contribution >= 0.6 is 0 Å². The fourth-order valence-electron chi connectivity index (χ4n) is 1.84. The molecular weight excluding hydrogens is 264 g/mol. The molecule has 110 valence electrons. The number of carbonyl (C=O) groups is 1. The van der Waals surface area contributed by atoms with Gasteiger partial charge in [-0.1, -0.05) is 17.7 Å². The smallest absolute Gasteiger partial charge is 0.270 e. The third kappa shape index (κ3) is 4.27. The minimum atomic E-state index is -0.192. The molecule has 21 heavy (non-hydrogen) atoms. The van der Waals surface area contributed by atoms with Crippen LogP contribution in [0.2, 0.25) is 0 Å². The van der Waals surface area contributed by atoms with Gasteiger partial charge in [-0.3, -0.25) is 4.79 Å². The van der Waals surface area contributed by atoms with Crippen LogP contribution in [0, 0.1) is 13.8 Å². The lowest BCUT2D eigenvalue weighted by molar-refractivity contribution is 0.0938. The van der Waals surface area contributed by atoms with Crippen molar-refractivity contribution in [2.24, 2.45) is 0 Å². The van der Waals surface area contributed by atoms with Crippen LogP contribution in [-0.4, -0.2) is 21.9 Å². The Hall–Kier alpha value is -2.43. The first-order valence-corrected chi connectivity index (χ1v) is 6.94. The molecule has 0 saturated carbocycles. The molecule has 1 amide bonds. The summed E-state index contributed by atoms with van der Waals surface area (Å²) in [5.74, 6) is 0.232. The Labute approximate surface area is 124 Å². The highest BCUT2D eigenvalue weighted by atomic mass is 16.1. The van der Waals surface area contributed by atoms with Gasteiger partial charge in [-0.15, -0.1) is 0 Å². The second-order valence-electron chi connectivity index (χ2n) is 5.34. The maximum Gasteiger partial charge on any atom is 0.270 e. The van der Waals surface area contributed by atoms with E-state index in [2.05, 4.69) is 20.6 Å². The maximum atomic E-state index is 12.0. The summed E-state index contributed by atoms with van der Waals surface area (Å²) in [7, 11) is 0. The fourth-order valence-corrected chi connectivity index (χ4v) is 1.84. The van der Waals surface area contributed by atoms with E-state index in [1.807, 2.05) is 52.0 Å². The van der Waals surface area contributed by atoms with Crippen molar-refractivity contribution >= 4 is 17.5 Å². The summed E-state index contributed by atoms with van der Waals surface area (Å²) in [6, 6.07) is 9.66. The largest absolute Gasteiger partial charge is 0.349 e. The van der Waals surface area contributed by atoms with Gasteiger partial charge in [-0.2, -0.15) is 0 Å². The van der Waals surface area contributed by atoms with Gasteiger partial charge in [-0.25, -0.2) is 9.97 Å². The first kappa shape index (κ1) is 15.0. The highest BCUT2D eigenvalue weighted by molar-refractivity contribution is 5.92. The number of carbonyl (C=O) groups excluding carboxylic acids is 1. The molecule has 0 aliphatic rings. The van der Waals surface area contributed by atoms with E-state index < -0.39 is 0 Å². The number of nitrogens with one attached hydrogen (secondary N) is 2. The van der Waals surface area contributed by atoms with E-state index >= 15 is 0 Å². The van der Waals surface area contributed by atoms with Crippen molar-refractivity contribution < 1.29 is 4.79 Å². The normalized spacial score (nSPS) is 10.5. The molecule has 1 aromatic carbocycles. The van der Waals surface area contributed by atoms with Gasteiger partial charge in [0.1, 0.15) is 5.69 Å². The van der Waals surface area contributed by atoms with E-state index in [1.54, 1.807) is 6.07 Å². The summed E-state index contributed by atoms with van der Waals surface area (Å²) in [5.41, 5.74) is 3.18. The van der Waals surface area contributed by atoms with Gasteiger partial charge in [0.25, 0.3) is 5.91 Å². The van der Waals surface area contributed by atoms with Crippen molar-refractivity contribution in [1.29, 1.82) is 0 Å². The third-order valence-electron chi connectivity index (χ3n) is 2.81. The van der Waals surface area contributed by atoms with Crippen LogP contribution in [0.25, 0.3) is 0 Å². The Kier molecular flexibility index (Phi) is 4.52. The average Bonchev–Trinajstić information content (AvgIpc) is 2.40. The molecule has 2 rings (SSSR count). The first-order chi connectivity index (χ1) is 9.94. The Morgan fingerprint density at radius 3 is 2.38 bits per heavy atom. The zero-order chi connectivity index (χ0) is 15.4. The number of aryl methyl sites for hydroxylation is 2. The highest BCUT2D eigenvalue weighted by Crippen LogP contribution is 2.14. The number of anilines is 2. The zero-order valence-corrected chi connectivity index (χ0v) is 12.8. The molecule has 2 N–H and O–H groups in total. The van der Waals surface area contributed by atoms with Crippen molar-refractivity contribution in [3.8, 4) is 0 Å². The predicted octanol–water partition coefficient (Wildman–Crippen LogP) is 2.98. The molecule has 5 nitrogen and oxygen atoms in total. The van der Waals surface area contributed by atoms with Crippen molar-refractivity contribution in [3.05, 3.63) is 47.3 Å². The van der Waals surface area contributed by atoms with Crippen LogP contribution in [0.1, 0.15) is 35.6 Å². The number of amides is 1. The Morgan fingerprint density at radius 2 is 1.76 bits per heavy atom. The fraction of sp³-hybridized carbons (Fsp3) is 0.312. The topological polar surface area (TPSA) is 66.9 Å². The molecule has 0 aliphatic carbocycles. The predicted molar refractivity (Wildman–Crippen MR) is 83.8 cm³/mol. The van der Waals surface area contributed by atoms with E-state index in [4.69, 9.17) is 0 Å². The number of aromatic nitrogens is 2. The van der Waals surface area contributed by atoms with E-state index in [-0.39, 0.29) is 11.9 Å². The SMILES string of the molecule is Cc1ccc(Nc2nc(C)cc(C(=O)NC(C)C)n2)cc1. The lowest BCUT2D eigenvalue weighted by atomic mass is 10.2. The van der Waals surface area contributed by atoms with Gasteiger partial charge >= 0.3 is 0 Å². The van der Waals surface area contributed by atoms with E-state index in [0.29, 0.717) is 11.6 Å². The summed E-state index contributed by atoms with van der Waals surface area (Å²) in [6.07, 6.45) is 0. The van der Waals surface area contributed by atoms with Gasteiger partial charge in [0.2, 0.25) is 5.95 Å². The molecule has 1 heterocycles. The lowest BCUT2D eigenvalue weighted by Crippen LogP contribution is -2.31. The summed E-state index contributed by atoms with van der Waals surface area (Å²) in [6.45, 7) is 7.70. The number of hydrogen-bond donors (Lipinski definition) is 2. The molecule has 0 fully saturated rings. The molecule has 5 heteroatoms. The van der Waals surface area contributed by atoms with Crippen LogP contribution in [0.3, 0.4) is 0 Å². The van der Waals surface area contributed by atoms with E-state index in [1.165, 1.54) is 5.56 Å². The second kappa shape index (κ2) is 6.35. The van der Waals surface area contributed by atoms with E-state index in [0.717, 1.165) is 11.4 Å². The molecule has 0 aliphatic heterocycles. The van der Waals surface area contributed by atoms with Crippen LogP contribution in [-0.2, 0) is 0 Å². The Morgan fingerprint density at radius 1 is 1.10 bits per heavy atom. The molecule has 0 unspecified atom stereocenters. The van der Waals surface area contributed by atoms with E-state index in [9.17, 15) is 4.79 Å². The van der Waals surface area contributed by atoms with Crippen LogP contribution < -0.4 is 10.6 Å². The average molecular weight is 284 g/mol. The molecule has 2 aromatic rings. The quantitative estimate of drug-likeness (QED) is 0.905. The molecule has 0 atom stereocenters. The molecule has 0 radical (unpaired) electrons. The molecule has 1 aromatic heterocycles. The summed E-state index contributed by atoms with van der Waals surface area (Å²) in [5, 5.41) is 5.95. The summed E-state index contributed by atoms with van der Waals surface area (Å²) in [4.78, 5) is 20.6. The van der Waals surface area contributed by atoms with Gasteiger partial charge in [0.05, 0.1) is 0 Å². The molecule has 0 saturated heterocycles. The minimum Gasteiger partial charge on any atom is -0.349 e. The number of hydrogen-bond acceptors (Lipinski definition) is 4. The van der Waals surface area contributed by atoms with Crippen molar-refractivity contribution in [2.75, 3.05) is 5.32 Å². The minimum absolute atomic E-state index is 0.0706. The first-order valence-electron chi connectivity index (χ1n) is 6.94. The zero-order valence-electron chi connectivity index (χ0n) is 12.8. The maximum absolute atomic E-state index is 12.0. The lowest BCUT2D eigenvalue weighted by Gasteiger charge is -2.10. The number of nitrogens with zero attached hydrogens (tertiary/aromatic N) is 2. The molecule has 0 spiro atoms. The van der Waals surface area contributed by atoms with Gasteiger partial charge in [0.15, 0.2) is 0 Å². The third-order valence-corrected chi connectivity index (χ3v) is 2.81. The molecule has 0 bridgehead atoms. The Balaban J connectivity index is 2.22. The van der Waals surface area contributed by atoms with Crippen LogP contribution in [0.4, 0.5) is 11.6 Å². The van der Waals surface area contributed by atoms with Crippen molar-refractivity contribution in [3.63, 3.8) is 0 Å². The number of benzene rings is 1. The van der Waals surface area contributed by atoms with Crippen molar-refractivity contribution in [1.82, 2.24) is 15.3 Å². The summed E-state index contributed by atoms with van der Waals surface area (Å²) >= 11 is 0. The standard InChI is InChI=1S/C16H20N4O/c1-10(2)17-15(21)14-9-12(4)18-16(20-14)19-13-7-5-11(3)6-8-13/h5-10H,1-4H3,(H,17,21)(H,18,19,20). The van der Waals surface area contributed by atoms with Crippen LogP contribution in [0.15, 0.2) is 30.3 Å². The van der Waals surface area contributed by atoms with Gasteiger partial charge < -0.3 is 10.6 Å². The van der Waals surface area contributed by atoms with Gasteiger partial charge in [0, 0.05) is 17.4 Å². The van der Waals surface area contributed by atoms with Crippen LogP contribution in [0.5, 0.6) is 0 Å². The Bertz CT molecular complexity index is 635. The number of rotatable bonds is 4. The monoisotopic (exact) mass is 284 g/mol. The van der Waals surface area contributed by atoms with Gasteiger partial charge in [-0.05, 0) is 45.9 Å². The second-order valence-corrected chi connectivity index (χ2v) is 5.34. The van der Waals surface area contributed by atoms with Crippen molar-refractivity contribution in [2.45, 2.75) is 33.7 Å². The highest BCUT2D eigenvalue weighted by Gasteiger charge is 2.11.